The minimum absolute atomic E-state index is 0.0139. The molecule has 0 aliphatic carbocycles. The maximum absolute atomic E-state index is 13.3. The molecule has 3 amide bonds. The number of amides is 3. The topological polar surface area (TPSA) is 94.7 Å². The molecule has 0 radical (unpaired) electrons. The number of hydrogen-bond donors (Lipinski definition) is 4. The van der Waals surface area contributed by atoms with Gasteiger partial charge in [0.2, 0.25) is 0 Å². The number of ether oxygens (including phenoxy) is 1. The van der Waals surface area contributed by atoms with Crippen LogP contribution in [0.25, 0.3) is 0 Å². The van der Waals surface area contributed by atoms with E-state index in [1.165, 1.54) is 0 Å². The van der Waals surface area contributed by atoms with E-state index in [0.717, 1.165) is 56.0 Å². The minimum atomic E-state index is -0.189. The summed E-state index contributed by atoms with van der Waals surface area (Å²) in [6.07, 6.45) is 2.85. The first-order chi connectivity index (χ1) is 17.2. The van der Waals surface area contributed by atoms with Gasteiger partial charge < -0.3 is 26.0 Å². The second kappa shape index (κ2) is 9.56. The van der Waals surface area contributed by atoms with E-state index < -0.39 is 0 Å². The minimum Gasteiger partial charge on any atom is -0.457 e. The lowest BCUT2D eigenvalue weighted by Crippen LogP contribution is -2.62. The fourth-order valence-corrected chi connectivity index (χ4v) is 6.85. The predicted molar refractivity (Wildman–Crippen MR) is 136 cm³/mol. The Morgan fingerprint density at radius 1 is 1.03 bits per heavy atom. The fourth-order valence-electron chi connectivity index (χ4n) is 5.45. The van der Waals surface area contributed by atoms with E-state index >= 15 is 0 Å². The summed E-state index contributed by atoms with van der Waals surface area (Å²) in [6.45, 7) is 2.58. The zero-order valence-electron chi connectivity index (χ0n) is 19.3. The van der Waals surface area contributed by atoms with Gasteiger partial charge in [0.25, 0.3) is 5.91 Å². The molecule has 4 heterocycles. The third kappa shape index (κ3) is 4.39. The summed E-state index contributed by atoms with van der Waals surface area (Å²) in [7, 11) is 0. The molecule has 4 aliphatic rings. The van der Waals surface area contributed by atoms with E-state index in [1.807, 2.05) is 59.5 Å². The molecule has 2 aromatic carbocycles. The van der Waals surface area contributed by atoms with Crippen molar-refractivity contribution in [2.45, 2.75) is 36.7 Å². The third-order valence-corrected chi connectivity index (χ3v) is 8.43. The number of carbonyl (C=O) groups excluding carboxylic acids is 2. The van der Waals surface area contributed by atoms with Crippen molar-refractivity contribution < 1.29 is 14.3 Å². The van der Waals surface area contributed by atoms with Gasteiger partial charge in [0.05, 0.1) is 16.3 Å². The molecule has 3 fully saturated rings. The summed E-state index contributed by atoms with van der Waals surface area (Å²) in [5.41, 5.74) is 1.59. The number of anilines is 1. The molecule has 4 aliphatic heterocycles. The zero-order chi connectivity index (χ0) is 23.8. The van der Waals surface area contributed by atoms with Crippen LogP contribution < -0.4 is 30.9 Å². The first kappa shape index (κ1) is 22.5. The molecule has 182 valence electrons. The summed E-state index contributed by atoms with van der Waals surface area (Å²) in [5, 5.41) is 13.2. The average Bonchev–Trinajstić information content (AvgIpc) is 3.26. The van der Waals surface area contributed by atoms with Crippen LogP contribution in [0, 0.1) is 5.92 Å². The zero-order valence-corrected chi connectivity index (χ0v) is 20.1. The lowest BCUT2D eigenvalue weighted by molar-refractivity contribution is -0.117. The van der Waals surface area contributed by atoms with Crippen LogP contribution in [0.3, 0.4) is 0 Å². The van der Waals surface area contributed by atoms with Gasteiger partial charge >= 0.3 is 6.03 Å². The van der Waals surface area contributed by atoms with E-state index in [0.29, 0.717) is 10.7 Å². The number of piperidine rings is 2. The molecular weight excluding hydrogens is 462 g/mol. The number of benzene rings is 2. The summed E-state index contributed by atoms with van der Waals surface area (Å²) in [5.74, 6) is 1.44. The summed E-state index contributed by atoms with van der Waals surface area (Å²) >= 11 is 1.55. The Morgan fingerprint density at radius 3 is 2.60 bits per heavy atom. The van der Waals surface area contributed by atoms with Crippen LogP contribution in [0.4, 0.5) is 10.5 Å². The molecule has 3 saturated heterocycles. The van der Waals surface area contributed by atoms with Crippen molar-refractivity contribution in [3.05, 3.63) is 65.2 Å². The monoisotopic (exact) mass is 491 g/mol. The van der Waals surface area contributed by atoms with Gasteiger partial charge in [-0.15, -0.1) is 0 Å². The highest BCUT2D eigenvalue weighted by Crippen LogP contribution is 2.48. The maximum atomic E-state index is 13.3. The number of urea groups is 1. The van der Waals surface area contributed by atoms with Crippen molar-refractivity contribution in [2.75, 3.05) is 24.5 Å². The molecule has 4 N–H and O–H groups in total. The molecule has 4 atom stereocenters. The highest BCUT2D eigenvalue weighted by Gasteiger charge is 2.51. The van der Waals surface area contributed by atoms with Gasteiger partial charge in [-0.3, -0.25) is 9.69 Å². The number of para-hydroxylation sites is 1. The Labute approximate surface area is 208 Å². The molecule has 9 heteroatoms. The standard InChI is InChI=1S/C26H29N5O3S/c32-24(29-16-5-4-13-27-15-16)23-22-21-20(12-14-28-25(21)35-23)31(26(33)30-22)17-8-10-19(11-9-17)34-18-6-2-1-3-7-18/h1-3,6-11,16,20-21,25,27-28H,4-5,12-15H2,(H,29,32)(H,30,33)/t16-,20?,21?,25?/m1/s1. The average molecular weight is 492 g/mol. The van der Waals surface area contributed by atoms with Crippen LogP contribution in [0.1, 0.15) is 19.3 Å². The molecule has 0 spiro atoms. The van der Waals surface area contributed by atoms with Crippen molar-refractivity contribution in [3.8, 4) is 11.5 Å². The van der Waals surface area contributed by atoms with E-state index in [1.54, 1.807) is 11.8 Å². The largest absolute Gasteiger partial charge is 0.457 e. The molecule has 6 rings (SSSR count). The molecular formula is C26H29N5O3S. The number of rotatable bonds is 5. The molecule has 3 unspecified atom stereocenters. The number of carbonyl (C=O) groups is 2. The molecule has 8 nitrogen and oxygen atoms in total. The summed E-state index contributed by atoms with van der Waals surface area (Å²) in [6, 6.07) is 17.2. The van der Waals surface area contributed by atoms with Crippen molar-refractivity contribution in [2.24, 2.45) is 5.92 Å². The normalized spacial score (nSPS) is 27.8. The second-order valence-electron chi connectivity index (χ2n) is 9.34. The smallest absolute Gasteiger partial charge is 0.326 e. The Morgan fingerprint density at radius 2 is 1.83 bits per heavy atom. The van der Waals surface area contributed by atoms with Gasteiger partial charge in [-0.25, -0.2) is 4.79 Å². The number of hydrogen-bond acceptors (Lipinski definition) is 6. The van der Waals surface area contributed by atoms with Gasteiger partial charge in [-0.05, 0) is 68.8 Å². The highest BCUT2D eigenvalue weighted by molar-refractivity contribution is 8.04. The van der Waals surface area contributed by atoms with Crippen LogP contribution in [0.15, 0.2) is 65.2 Å². The van der Waals surface area contributed by atoms with Crippen molar-refractivity contribution in [3.63, 3.8) is 0 Å². The lowest BCUT2D eigenvalue weighted by Gasteiger charge is -2.45. The summed E-state index contributed by atoms with van der Waals surface area (Å²) in [4.78, 5) is 29.0. The highest BCUT2D eigenvalue weighted by atomic mass is 32.2. The molecule has 0 bridgehead atoms. The van der Waals surface area contributed by atoms with Crippen molar-refractivity contribution in [1.82, 2.24) is 21.3 Å². The van der Waals surface area contributed by atoms with Gasteiger partial charge in [0.1, 0.15) is 11.5 Å². The first-order valence-electron chi connectivity index (χ1n) is 12.3. The quantitative estimate of drug-likeness (QED) is 0.514. The Balaban J connectivity index is 1.22. The van der Waals surface area contributed by atoms with Crippen LogP contribution in [0.5, 0.6) is 11.5 Å². The SMILES string of the molecule is O=C(N[C@@H]1CCCNC1)C1=C2NC(=O)N(c3ccc(Oc4ccccc4)cc3)C3CCNC(S1)C23. The van der Waals surface area contributed by atoms with Gasteiger partial charge in [0, 0.05) is 29.9 Å². The molecule has 35 heavy (non-hydrogen) atoms. The van der Waals surface area contributed by atoms with Crippen LogP contribution in [0.2, 0.25) is 0 Å². The Bertz CT molecular complexity index is 1130. The van der Waals surface area contributed by atoms with E-state index in [-0.39, 0.29) is 35.3 Å². The van der Waals surface area contributed by atoms with Crippen LogP contribution >= 0.6 is 11.8 Å². The van der Waals surface area contributed by atoms with E-state index in [2.05, 4.69) is 21.3 Å². The van der Waals surface area contributed by atoms with Gasteiger partial charge in [-0.2, -0.15) is 0 Å². The number of nitrogens with zero attached hydrogens (tertiary/aromatic N) is 1. The van der Waals surface area contributed by atoms with Gasteiger partial charge in [0.15, 0.2) is 0 Å². The maximum Gasteiger partial charge on any atom is 0.326 e. The van der Waals surface area contributed by atoms with E-state index in [9.17, 15) is 9.59 Å². The fraction of sp³-hybridized carbons (Fsp3) is 0.385. The van der Waals surface area contributed by atoms with Gasteiger partial charge in [-0.1, -0.05) is 30.0 Å². The number of thioether (sulfide) groups is 1. The first-order valence-corrected chi connectivity index (χ1v) is 13.1. The Hall–Kier alpha value is -3.01. The molecule has 2 aromatic rings. The van der Waals surface area contributed by atoms with Crippen LogP contribution in [-0.4, -0.2) is 49.0 Å². The third-order valence-electron chi connectivity index (χ3n) is 7.07. The number of nitrogens with one attached hydrogen (secondary N) is 4. The second-order valence-corrected chi connectivity index (χ2v) is 10.5. The van der Waals surface area contributed by atoms with Crippen molar-refractivity contribution >= 4 is 29.4 Å². The molecule has 0 saturated carbocycles. The summed E-state index contributed by atoms with van der Waals surface area (Å²) < 4.78 is 5.91. The predicted octanol–water partition coefficient (Wildman–Crippen LogP) is 3.14. The Kier molecular flexibility index (Phi) is 6.13. The molecule has 0 aromatic heterocycles. The van der Waals surface area contributed by atoms with E-state index in [4.69, 9.17) is 4.74 Å². The van der Waals surface area contributed by atoms with Crippen molar-refractivity contribution in [1.29, 1.82) is 0 Å². The lowest BCUT2D eigenvalue weighted by atomic mass is 9.86. The van der Waals surface area contributed by atoms with Crippen LogP contribution in [-0.2, 0) is 4.79 Å².